The van der Waals surface area contributed by atoms with Gasteiger partial charge >= 0.3 is 0 Å². The van der Waals surface area contributed by atoms with Crippen molar-refractivity contribution in [3.05, 3.63) is 47.3 Å². The second-order valence-electron chi connectivity index (χ2n) is 3.35. The summed E-state index contributed by atoms with van der Waals surface area (Å²) in [5.41, 5.74) is 8.06. The first-order valence-electron chi connectivity index (χ1n) is 4.19. The quantitative estimate of drug-likeness (QED) is 0.694. The first-order chi connectivity index (χ1) is 6.02. The number of hydrogen-bond donors (Lipinski definition) is 1. The number of rotatable bonds is 2. The predicted octanol–water partition coefficient (Wildman–Crippen LogP) is 2.71. The Bertz CT molecular complexity index is 331. The minimum absolute atomic E-state index is 0.263. The molecule has 1 rings (SSSR count). The fraction of sp³-hybridized carbons (Fsp3) is 0.273. The average molecular weight is 179 g/mol. The van der Waals surface area contributed by atoms with Gasteiger partial charge in [-0.25, -0.2) is 4.39 Å². The number of hydrogen-bond acceptors (Lipinski definition) is 1. The van der Waals surface area contributed by atoms with Crippen LogP contribution in [0.1, 0.15) is 24.1 Å². The van der Waals surface area contributed by atoms with Crippen LogP contribution in [0.4, 0.5) is 4.39 Å². The SMILES string of the molecule is C=C(C)C(N)c1cc(C)ccc1F. The summed E-state index contributed by atoms with van der Waals surface area (Å²) in [6, 6.07) is 4.52. The molecule has 2 heteroatoms. The smallest absolute Gasteiger partial charge is 0.128 e. The van der Waals surface area contributed by atoms with Crippen molar-refractivity contribution < 1.29 is 4.39 Å². The first-order valence-corrected chi connectivity index (χ1v) is 4.19. The number of nitrogens with two attached hydrogens (primary N) is 1. The molecule has 0 radical (unpaired) electrons. The molecule has 0 fully saturated rings. The van der Waals surface area contributed by atoms with Crippen molar-refractivity contribution in [1.29, 1.82) is 0 Å². The molecular formula is C11H14FN. The van der Waals surface area contributed by atoms with Crippen molar-refractivity contribution in [1.82, 2.24) is 0 Å². The summed E-state index contributed by atoms with van der Waals surface area (Å²) in [6.45, 7) is 7.42. The topological polar surface area (TPSA) is 26.0 Å². The molecule has 1 unspecified atom stereocenters. The third kappa shape index (κ3) is 2.16. The third-order valence-corrected chi connectivity index (χ3v) is 2.02. The summed E-state index contributed by atoms with van der Waals surface area (Å²) < 4.78 is 13.3. The standard InChI is InChI=1S/C11H14FN/c1-7(2)11(13)9-6-8(3)4-5-10(9)12/h4-6,11H,1,13H2,2-3H3. The van der Waals surface area contributed by atoms with Crippen LogP contribution < -0.4 is 5.73 Å². The Labute approximate surface area is 78.1 Å². The molecule has 0 saturated heterocycles. The first kappa shape index (κ1) is 9.93. The average Bonchev–Trinajstić information content (AvgIpc) is 2.08. The Morgan fingerprint density at radius 2 is 2.15 bits per heavy atom. The van der Waals surface area contributed by atoms with Gasteiger partial charge in [-0.15, -0.1) is 0 Å². The Hall–Kier alpha value is -1.15. The lowest BCUT2D eigenvalue weighted by molar-refractivity contribution is 0.597. The summed E-state index contributed by atoms with van der Waals surface area (Å²) in [4.78, 5) is 0. The fourth-order valence-electron chi connectivity index (χ4n) is 1.17. The molecule has 13 heavy (non-hydrogen) atoms. The molecule has 0 bridgehead atoms. The lowest BCUT2D eigenvalue weighted by atomic mass is 10.00. The van der Waals surface area contributed by atoms with Gasteiger partial charge in [0.1, 0.15) is 5.82 Å². The Morgan fingerprint density at radius 3 is 2.69 bits per heavy atom. The summed E-state index contributed by atoms with van der Waals surface area (Å²) >= 11 is 0. The Morgan fingerprint density at radius 1 is 1.54 bits per heavy atom. The monoisotopic (exact) mass is 179 g/mol. The molecule has 0 aromatic heterocycles. The normalized spacial score (nSPS) is 12.6. The molecule has 1 nitrogen and oxygen atoms in total. The van der Waals surface area contributed by atoms with E-state index in [1.165, 1.54) is 6.07 Å². The van der Waals surface area contributed by atoms with Crippen LogP contribution in [-0.4, -0.2) is 0 Å². The van der Waals surface area contributed by atoms with E-state index < -0.39 is 6.04 Å². The highest BCUT2D eigenvalue weighted by Crippen LogP contribution is 2.21. The fourth-order valence-corrected chi connectivity index (χ4v) is 1.17. The molecule has 2 N–H and O–H groups in total. The van der Waals surface area contributed by atoms with E-state index in [1.807, 2.05) is 6.92 Å². The van der Waals surface area contributed by atoms with Crippen LogP contribution in [0.15, 0.2) is 30.4 Å². The number of benzene rings is 1. The van der Waals surface area contributed by atoms with Crippen LogP contribution in [0.3, 0.4) is 0 Å². The number of halogens is 1. The summed E-state index contributed by atoms with van der Waals surface area (Å²) in [5, 5.41) is 0. The van der Waals surface area contributed by atoms with Crippen LogP contribution >= 0.6 is 0 Å². The third-order valence-electron chi connectivity index (χ3n) is 2.02. The minimum Gasteiger partial charge on any atom is -0.320 e. The summed E-state index contributed by atoms with van der Waals surface area (Å²) in [6.07, 6.45) is 0. The van der Waals surface area contributed by atoms with E-state index in [-0.39, 0.29) is 5.82 Å². The Balaban J connectivity index is 3.12. The Kier molecular flexibility index (Phi) is 2.83. The van der Waals surface area contributed by atoms with Crippen molar-refractivity contribution >= 4 is 0 Å². The van der Waals surface area contributed by atoms with E-state index in [1.54, 1.807) is 19.1 Å². The molecule has 1 aromatic rings. The number of aryl methyl sites for hydroxylation is 1. The second kappa shape index (κ2) is 3.71. The van der Waals surface area contributed by atoms with Gasteiger partial charge in [0, 0.05) is 5.56 Å². The second-order valence-corrected chi connectivity index (χ2v) is 3.35. The minimum atomic E-state index is -0.403. The van der Waals surface area contributed by atoms with Crippen molar-refractivity contribution in [3.8, 4) is 0 Å². The van der Waals surface area contributed by atoms with Crippen molar-refractivity contribution in [2.45, 2.75) is 19.9 Å². The summed E-state index contributed by atoms with van der Waals surface area (Å²) in [7, 11) is 0. The van der Waals surface area contributed by atoms with Gasteiger partial charge in [-0.3, -0.25) is 0 Å². The van der Waals surface area contributed by atoms with Gasteiger partial charge in [0.25, 0.3) is 0 Å². The largest absolute Gasteiger partial charge is 0.320 e. The molecule has 0 saturated carbocycles. The van der Waals surface area contributed by atoms with Gasteiger partial charge in [-0.2, -0.15) is 0 Å². The van der Waals surface area contributed by atoms with E-state index in [2.05, 4.69) is 6.58 Å². The summed E-state index contributed by atoms with van der Waals surface area (Å²) in [5.74, 6) is -0.263. The molecule has 0 heterocycles. The molecule has 0 aliphatic carbocycles. The zero-order valence-electron chi connectivity index (χ0n) is 7.97. The zero-order chi connectivity index (χ0) is 10.0. The van der Waals surface area contributed by atoms with E-state index in [0.717, 1.165) is 11.1 Å². The van der Waals surface area contributed by atoms with E-state index >= 15 is 0 Å². The van der Waals surface area contributed by atoms with Crippen LogP contribution in [0.25, 0.3) is 0 Å². The molecule has 0 amide bonds. The van der Waals surface area contributed by atoms with Gasteiger partial charge in [0.05, 0.1) is 6.04 Å². The van der Waals surface area contributed by atoms with E-state index in [9.17, 15) is 4.39 Å². The van der Waals surface area contributed by atoms with Gasteiger partial charge in [0.15, 0.2) is 0 Å². The van der Waals surface area contributed by atoms with Crippen LogP contribution in [0, 0.1) is 12.7 Å². The highest BCUT2D eigenvalue weighted by Gasteiger charge is 2.11. The zero-order valence-corrected chi connectivity index (χ0v) is 7.97. The lowest BCUT2D eigenvalue weighted by Crippen LogP contribution is -2.12. The van der Waals surface area contributed by atoms with Crippen LogP contribution in [0.5, 0.6) is 0 Å². The molecule has 0 aliphatic rings. The van der Waals surface area contributed by atoms with E-state index in [4.69, 9.17) is 5.73 Å². The van der Waals surface area contributed by atoms with Gasteiger partial charge in [0.2, 0.25) is 0 Å². The maximum atomic E-state index is 13.3. The van der Waals surface area contributed by atoms with Crippen molar-refractivity contribution in [2.24, 2.45) is 5.73 Å². The van der Waals surface area contributed by atoms with Gasteiger partial charge < -0.3 is 5.73 Å². The predicted molar refractivity (Wildman–Crippen MR) is 52.9 cm³/mol. The molecule has 70 valence electrons. The molecule has 1 atom stereocenters. The van der Waals surface area contributed by atoms with Gasteiger partial charge in [-0.1, -0.05) is 29.8 Å². The highest BCUT2D eigenvalue weighted by atomic mass is 19.1. The highest BCUT2D eigenvalue weighted by molar-refractivity contribution is 5.30. The van der Waals surface area contributed by atoms with Crippen molar-refractivity contribution in [3.63, 3.8) is 0 Å². The maximum absolute atomic E-state index is 13.3. The van der Waals surface area contributed by atoms with Gasteiger partial charge in [-0.05, 0) is 19.9 Å². The van der Waals surface area contributed by atoms with Crippen molar-refractivity contribution in [2.75, 3.05) is 0 Å². The van der Waals surface area contributed by atoms with Crippen LogP contribution in [0.2, 0.25) is 0 Å². The van der Waals surface area contributed by atoms with E-state index in [0.29, 0.717) is 5.56 Å². The lowest BCUT2D eigenvalue weighted by Gasteiger charge is -2.13. The molecular weight excluding hydrogens is 165 g/mol. The molecule has 0 aliphatic heterocycles. The molecule has 0 spiro atoms. The van der Waals surface area contributed by atoms with Crippen LogP contribution in [-0.2, 0) is 0 Å². The molecule has 1 aromatic carbocycles. The maximum Gasteiger partial charge on any atom is 0.128 e.